The van der Waals surface area contributed by atoms with E-state index in [2.05, 4.69) is 10.6 Å². The second-order valence-electron chi connectivity index (χ2n) is 6.32. The first-order valence-corrected chi connectivity index (χ1v) is 8.96. The third-order valence-electron chi connectivity index (χ3n) is 4.14. The summed E-state index contributed by atoms with van der Waals surface area (Å²) >= 11 is 6.08. The SMILES string of the molecule is CCOC(=O)/C=C\C(=O)Nc1c(C)cc(Cl)cc1C(=O)NC(C)C1CC1. The zero-order chi connectivity index (χ0) is 19.3. The van der Waals surface area contributed by atoms with Gasteiger partial charge in [-0.2, -0.15) is 0 Å². The molecule has 0 heterocycles. The fourth-order valence-electron chi connectivity index (χ4n) is 2.59. The van der Waals surface area contributed by atoms with E-state index in [-0.39, 0.29) is 18.6 Å². The Balaban J connectivity index is 2.17. The molecular weight excluding hydrogens is 356 g/mol. The van der Waals surface area contributed by atoms with Crippen LogP contribution >= 0.6 is 11.6 Å². The van der Waals surface area contributed by atoms with Gasteiger partial charge >= 0.3 is 5.97 Å². The molecule has 2 rings (SSSR count). The van der Waals surface area contributed by atoms with Gasteiger partial charge in [0.05, 0.1) is 17.9 Å². The molecule has 7 heteroatoms. The number of halogens is 1. The van der Waals surface area contributed by atoms with Crippen LogP contribution in [0.4, 0.5) is 5.69 Å². The van der Waals surface area contributed by atoms with Gasteiger partial charge in [0.1, 0.15) is 0 Å². The molecule has 1 aromatic carbocycles. The van der Waals surface area contributed by atoms with E-state index in [9.17, 15) is 14.4 Å². The molecule has 0 radical (unpaired) electrons. The topological polar surface area (TPSA) is 84.5 Å². The Labute approximate surface area is 157 Å². The van der Waals surface area contributed by atoms with Crippen LogP contribution in [-0.4, -0.2) is 30.4 Å². The van der Waals surface area contributed by atoms with Crippen molar-refractivity contribution in [2.24, 2.45) is 5.92 Å². The van der Waals surface area contributed by atoms with E-state index in [1.54, 1.807) is 19.9 Å². The Morgan fingerprint density at radius 1 is 1.31 bits per heavy atom. The summed E-state index contributed by atoms with van der Waals surface area (Å²) in [5.74, 6) is -0.927. The van der Waals surface area contributed by atoms with Crippen LogP contribution in [0, 0.1) is 12.8 Å². The number of rotatable bonds is 7. The molecule has 2 amide bonds. The van der Waals surface area contributed by atoms with Crippen molar-refractivity contribution in [3.05, 3.63) is 40.4 Å². The third kappa shape index (κ3) is 5.59. The van der Waals surface area contributed by atoms with Gasteiger partial charge in [0.2, 0.25) is 5.91 Å². The Kier molecular flexibility index (Phi) is 6.80. The van der Waals surface area contributed by atoms with Crippen LogP contribution < -0.4 is 10.6 Å². The summed E-state index contributed by atoms with van der Waals surface area (Å²) in [6.07, 6.45) is 4.33. The standard InChI is InChI=1S/C19H23ClN2O4/c1-4-26-17(24)8-7-16(23)22-18-11(2)9-14(20)10-15(18)19(25)21-12(3)13-5-6-13/h7-10,12-13H,4-6H2,1-3H3,(H,21,25)(H,22,23)/b8-7-. The Morgan fingerprint density at radius 2 is 2.00 bits per heavy atom. The molecule has 0 aromatic heterocycles. The van der Waals surface area contributed by atoms with Gasteiger partial charge in [-0.05, 0) is 57.2 Å². The maximum absolute atomic E-state index is 12.6. The summed E-state index contributed by atoms with van der Waals surface area (Å²) < 4.78 is 4.73. The smallest absolute Gasteiger partial charge is 0.330 e. The number of esters is 1. The highest BCUT2D eigenvalue weighted by atomic mass is 35.5. The minimum Gasteiger partial charge on any atom is -0.463 e. The summed E-state index contributed by atoms with van der Waals surface area (Å²) in [5.41, 5.74) is 1.31. The van der Waals surface area contributed by atoms with Crippen molar-refractivity contribution >= 4 is 35.1 Å². The first-order chi connectivity index (χ1) is 12.3. The molecule has 0 saturated heterocycles. The summed E-state index contributed by atoms with van der Waals surface area (Å²) in [7, 11) is 0. The first-order valence-electron chi connectivity index (χ1n) is 8.58. The highest BCUT2D eigenvalue weighted by Gasteiger charge is 2.29. The normalized spacial score (nSPS) is 14.8. The van der Waals surface area contributed by atoms with Crippen molar-refractivity contribution in [2.45, 2.75) is 39.7 Å². The number of ether oxygens (including phenoxy) is 1. The number of anilines is 1. The number of carbonyl (C=O) groups excluding carboxylic acids is 3. The van der Waals surface area contributed by atoms with Gasteiger partial charge in [-0.1, -0.05) is 11.6 Å². The van der Waals surface area contributed by atoms with Gasteiger partial charge in [0, 0.05) is 23.2 Å². The molecular formula is C19H23ClN2O4. The molecule has 2 N–H and O–H groups in total. The second kappa shape index (κ2) is 8.85. The highest BCUT2D eigenvalue weighted by molar-refractivity contribution is 6.31. The molecule has 1 unspecified atom stereocenters. The van der Waals surface area contributed by atoms with Gasteiger partial charge in [0.15, 0.2) is 0 Å². The number of aryl methyl sites for hydroxylation is 1. The molecule has 0 spiro atoms. The lowest BCUT2D eigenvalue weighted by Crippen LogP contribution is -2.34. The second-order valence-corrected chi connectivity index (χ2v) is 6.76. The quantitative estimate of drug-likeness (QED) is 0.563. The predicted molar refractivity (Wildman–Crippen MR) is 100 cm³/mol. The predicted octanol–water partition coefficient (Wildman–Crippen LogP) is 3.23. The lowest BCUT2D eigenvalue weighted by Gasteiger charge is -2.17. The van der Waals surface area contributed by atoms with Crippen LogP contribution in [0.15, 0.2) is 24.3 Å². The van der Waals surface area contributed by atoms with Gasteiger partial charge in [-0.25, -0.2) is 4.79 Å². The number of nitrogens with one attached hydrogen (secondary N) is 2. The fourth-order valence-corrected chi connectivity index (χ4v) is 2.86. The minimum atomic E-state index is -0.605. The largest absolute Gasteiger partial charge is 0.463 e. The number of hydrogen-bond acceptors (Lipinski definition) is 4. The van der Waals surface area contributed by atoms with Crippen molar-refractivity contribution in [2.75, 3.05) is 11.9 Å². The molecule has 0 bridgehead atoms. The highest BCUT2D eigenvalue weighted by Crippen LogP contribution is 2.33. The Bertz CT molecular complexity index is 741. The molecule has 140 valence electrons. The molecule has 0 aliphatic heterocycles. The Morgan fingerprint density at radius 3 is 2.62 bits per heavy atom. The third-order valence-corrected chi connectivity index (χ3v) is 4.36. The van der Waals surface area contributed by atoms with Crippen LogP contribution in [0.1, 0.15) is 42.6 Å². The van der Waals surface area contributed by atoms with E-state index < -0.39 is 11.9 Å². The fraction of sp³-hybridized carbons (Fsp3) is 0.421. The van der Waals surface area contributed by atoms with Gasteiger partial charge in [0.25, 0.3) is 5.91 Å². The molecule has 1 aliphatic rings. The Hall–Kier alpha value is -2.34. The number of benzene rings is 1. The zero-order valence-corrected chi connectivity index (χ0v) is 15.9. The summed E-state index contributed by atoms with van der Waals surface area (Å²) in [4.78, 5) is 36.0. The lowest BCUT2D eigenvalue weighted by molar-refractivity contribution is -0.137. The van der Waals surface area contributed by atoms with Crippen molar-refractivity contribution in [1.82, 2.24) is 5.32 Å². The average molecular weight is 379 g/mol. The van der Waals surface area contributed by atoms with Crippen molar-refractivity contribution < 1.29 is 19.1 Å². The van der Waals surface area contributed by atoms with Crippen LogP contribution in [0.5, 0.6) is 0 Å². The monoisotopic (exact) mass is 378 g/mol. The van der Waals surface area contributed by atoms with Crippen LogP contribution in [0.3, 0.4) is 0 Å². The maximum Gasteiger partial charge on any atom is 0.330 e. The van der Waals surface area contributed by atoms with E-state index in [1.807, 2.05) is 6.92 Å². The van der Waals surface area contributed by atoms with Crippen LogP contribution in [-0.2, 0) is 14.3 Å². The summed E-state index contributed by atoms with van der Waals surface area (Å²) in [5, 5.41) is 6.01. The van der Waals surface area contributed by atoms with Gasteiger partial charge < -0.3 is 15.4 Å². The number of carbonyl (C=O) groups is 3. The maximum atomic E-state index is 12.6. The average Bonchev–Trinajstić information content (AvgIpc) is 3.40. The van der Waals surface area contributed by atoms with E-state index in [1.165, 1.54) is 6.07 Å². The van der Waals surface area contributed by atoms with Crippen LogP contribution in [0.2, 0.25) is 5.02 Å². The summed E-state index contributed by atoms with van der Waals surface area (Å²) in [6.45, 7) is 5.62. The van der Waals surface area contributed by atoms with Gasteiger partial charge in [-0.15, -0.1) is 0 Å². The molecule has 26 heavy (non-hydrogen) atoms. The van der Waals surface area contributed by atoms with Crippen molar-refractivity contribution in [3.63, 3.8) is 0 Å². The molecule has 1 fully saturated rings. The zero-order valence-electron chi connectivity index (χ0n) is 15.1. The van der Waals surface area contributed by atoms with Crippen molar-refractivity contribution in [1.29, 1.82) is 0 Å². The van der Waals surface area contributed by atoms with E-state index >= 15 is 0 Å². The molecule has 1 atom stereocenters. The molecule has 6 nitrogen and oxygen atoms in total. The van der Waals surface area contributed by atoms with E-state index in [4.69, 9.17) is 16.3 Å². The van der Waals surface area contributed by atoms with E-state index in [0.29, 0.717) is 27.8 Å². The van der Waals surface area contributed by atoms with E-state index in [0.717, 1.165) is 25.0 Å². The molecule has 1 aromatic rings. The molecule has 1 aliphatic carbocycles. The van der Waals surface area contributed by atoms with Gasteiger partial charge in [-0.3, -0.25) is 9.59 Å². The number of amides is 2. The summed E-state index contributed by atoms with van der Waals surface area (Å²) in [6, 6.07) is 3.25. The molecule has 1 saturated carbocycles. The van der Waals surface area contributed by atoms with Crippen molar-refractivity contribution in [3.8, 4) is 0 Å². The number of hydrogen-bond donors (Lipinski definition) is 2. The minimum absolute atomic E-state index is 0.0639. The van der Waals surface area contributed by atoms with Crippen LogP contribution in [0.25, 0.3) is 0 Å². The lowest BCUT2D eigenvalue weighted by atomic mass is 10.1. The first kappa shape index (κ1) is 20.0.